The molecule has 4 nitrogen and oxygen atoms in total. The lowest BCUT2D eigenvalue weighted by atomic mass is 10.3. The van der Waals surface area contributed by atoms with Crippen LogP contribution in [0.2, 0.25) is 0 Å². The van der Waals surface area contributed by atoms with Gasteiger partial charge in [-0.25, -0.2) is 4.68 Å². The molecule has 0 bridgehead atoms. The van der Waals surface area contributed by atoms with Crippen LogP contribution in [-0.4, -0.2) is 15.0 Å². The van der Waals surface area contributed by atoms with Crippen LogP contribution in [0.3, 0.4) is 0 Å². The normalized spacial score (nSPS) is 12.4. The number of aromatic nitrogens is 3. The Morgan fingerprint density at radius 1 is 1.80 bits per heavy atom. The molecule has 0 aromatic carbocycles. The van der Waals surface area contributed by atoms with Gasteiger partial charge in [0.15, 0.2) is 0 Å². The van der Waals surface area contributed by atoms with Crippen LogP contribution in [0.5, 0.6) is 0 Å². The molecule has 52 valence electrons. The van der Waals surface area contributed by atoms with Crippen LogP contribution in [0.4, 0.5) is 0 Å². The quantitative estimate of drug-likeness (QED) is 0.602. The molecule has 1 heterocycles. The summed E-state index contributed by atoms with van der Waals surface area (Å²) in [4.78, 5) is 0. The summed E-state index contributed by atoms with van der Waals surface area (Å²) in [5.74, 6) is 0. The lowest BCUT2D eigenvalue weighted by molar-refractivity contribution is 0.517. The number of nitrogens with zero attached hydrogens (tertiary/aromatic N) is 4. The van der Waals surface area contributed by atoms with Crippen molar-refractivity contribution in [2.45, 2.75) is 19.4 Å². The van der Waals surface area contributed by atoms with Gasteiger partial charge in [-0.05, 0) is 6.42 Å². The first-order valence-corrected chi connectivity index (χ1v) is 3.14. The Morgan fingerprint density at radius 3 is 3.00 bits per heavy atom. The zero-order valence-electron chi connectivity index (χ0n) is 5.73. The maximum Gasteiger partial charge on any atom is 0.140 e. The fraction of sp³-hybridized carbons (Fsp3) is 0.500. The second-order valence-corrected chi connectivity index (χ2v) is 1.94. The third-order valence-corrected chi connectivity index (χ3v) is 1.30. The second-order valence-electron chi connectivity index (χ2n) is 1.94. The van der Waals surface area contributed by atoms with E-state index in [9.17, 15) is 0 Å². The van der Waals surface area contributed by atoms with E-state index in [1.807, 2.05) is 6.92 Å². The van der Waals surface area contributed by atoms with Crippen molar-refractivity contribution in [3.63, 3.8) is 0 Å². The summed E-state index contributed by atoms with van der Waals surface area (Å²) >= 11 is 0. The SMILES string of the molecule is CCC(C#N)n1ccnn1. The average Bonchev–Trinajstić information content (AvgIpc) is 2.43. The van der Waals surface area contributed by atoms with Crippen molar-refractivity contribution < 1.29 is 0 Å². The van der Waals surface area contributed by atoms with Gasteiger partial charge in [0.2, 0.25) is 0 Å². The predicted molar refractivity (Wildman–Crippen MR) is 35.0 cm³/mol. The molecule has 0 aliphatic rings. The summed E-state index contributed by atoms with van der Waals surface area (Å²) in [7, 11) is 0. The topological polar surface area (TPSA) is 54.5 Å². The molecule has 0 saturated heterocycles. The highest BCUT2D eigenvalue weighted by molar-refractivity contribution is 4.87. The summed E-state index contributed by atoms with van der Waals surface area (Å²) in [6.45, 7) is 1.94. The van der Waals surface area contributed by atoms with Gasteiger partial charge in [-0.1, -0.05) is 12.1 Å². The number of rotatable bonds is 2. The zero-order chi connectivity index (χ0) is 7.40. The standard InChI is InChI=1S/C6H8N4/c1-2-6(5-7)10-4-3-8-9-10/h3-4,6H,2H2,1H3. The van der Waals surface area contributed by atoms with E-state index in [1.165, 1.54) is 0 Å². The second kappa shape index (κ2) is 2.97. The number of hydrogen-bond donors (Lipinski definition) is 0. The monoisotopic (exact) mass is 136 g/mol. The van der Waals surface area contributed by atoms with Gasteiger partial charge >= 0.3 is 0 Å². The molecule has 0 fully saturated rings. The van der Waals surface area contributed by atoms with Crippen molar-refractivity contribution in [2.75, 3.05) is 0 Å². The molecule has 0 spiro atoms. The molecule has 4 heteroatoms. The van der Waals surface area contributed by atoms with Crippen molar-refractivity contribution in [1.82, 2.24) is 15.0 Å². The van der Waals surface area contributed by atoms with Gasteiger partial charge in [0.25, 0.3) is 0 Å². The molecule has 0 saturated carbocycles. The summed E-state index contributed by atoms with van der Waals surface area (Å²) < 4.78 is 1.56. The van der Waals surface area contributed by atoms with Gasteiger partial charge < -0.3 is 0 Å². The molecule has 1 rings (SSSR count). The first-order valence-electron chi connectivity index (χ1n) is 3.14. The Kier molecular flexibility index (Phi) is 2.00. The molecule has 0 amide bonds. The Morgan fingerprint density at radius 2 is 2.60 bits per heavy atom. The Hall–Kier alpha value is -1.37. The van der Waals surface area contributed by atoms with Crippen LogP contribution in [0.25, 0.3) is 0 Å². The highest BCUT2D eigenvalue weighted by Crippen LogP contribution is 2.05. The van der Waals surface area contributed by atoms with Crippen LogP contribution in [0, 0.1) is 11.3 Å². The van der Waals surface area contributed by atoms with E-state index in [2.05, 4.69) is 16.4 Å². The van der Waals surface area contributed by atoms with Gasteiger partial charge in [-0.15, -0.1) is 5.10 Å². The van der Waals surface area contributed by atoms with E-state index < -0.39 is 0 Å². The molecule has 0 aliphatic carbocycles. The molecule has 1 atom stereocenters. The molecule has 0 N–H and O–H groups in total. The minimum atomic E-state index is -0.164. The van der Waals surface area contributed by atoms with Crippen LogP contribution in [0.15, 0.2) is 12.4 Å². The Balaban J connectivity index is 2.76. The van der Waals surface area contributed by atoms with E-state index in [0.29, 0.717) is 0 Å². The lowest BCUT2D eigenvalue weighted by Gasteiger charge is -2.02. The third kappa shape index (κ3) is 1.13. The predicted octanol–water partition coefficient (Wildman–Crippen LogP) is 0.753. The minimum absolute atomic E-state index is 0.164. The van der Waals surface area contributed by atoms with E-state index in [0.717, 1.165) is 6.42 Å². The van der Waals surface area contributed by atoms with Crippen LogP contribution in [0.1, 0.15) is 19.4 Å². The third-order valence-electron chi connectivity index (χ3n) is 1.30. The number of hydrogen-bond acceptors (Lipinski definition) is 3. The summed E-state index contributed by atoms with van der Waals surface area (Å²) in [6.07, 6.45) is 4.03. The Labute approximate surface area is 59.1 Å². The van der Waals surface area contributed by atoms with Crippen LogP contribution in [-0.2, 0) is 0 Å². The van der Waals surface area contributed by atoms with E-state index in [-0.39, 0.29) is 6.04 Å². The van der Waals surface area contributed by atoms with E-state index in [1.54, 1.807) is 17.1 Å². The van der Waals surface area contributed by atoms with Crippen molar-refractivity contribution in [3.8, 4) is 6.07 Å². The van der Waals surface area contributed by atoms with Gasteiger partial charge in [-0.2, -0.15) is 5.26 Å². The Bertz CT molecular complexity index is 220. The largest absolute Gasteiger partial charge is 0.235 e. The van der Waals surface area contributed by atoms with Crippen molar-refractivity contribution >= 4 is 0 Å². The average molecular weight is 136 g/mol. The van der Waals surface area contributed by atoms with E-state index >= 15 is 0 Å². The fourth-order valence-electron chi connectivity index (χ4n) is 0.721. The fourth-order valence-corrected chi connectivity index (χ4v) is 0.721. The summed E-state index contributed by atoms with van der Waals surface area (Å²) in [5.41, 5.74) is 0. The van der Waals surface area contributed by atoms with Crippen LogP contribution < -0.4 is 0 Å². The molecule has 1 aromatic rings. The summed E-state index contributed by atoms with van der Waals surface area (Å²) in [6, 6.07) is 1.95. The van der Waals surface area contributed by atoms with Gasteiger partial charge in [0, 0.05) is 6.20 Å². The summed E-state index contributed by atoms with van der Waals surface area (Å²) in [5, 5.41) is 15.9. The van der Waals surface area contributed by atoms with Crippen molar-refractivity contribution in [3.05, 3.63) is 12.4 Å². The maximum atomic E-state index is 8.56. The highest BCUT2D eigenvalue weighted by atomic mass is 15.4. The smallest absolute Gasteiger partial charge is 0.140 e. The minimum Gasteiger partial charge on any atom is -0.235 e. The van der Waals surface area contributed by atoms with Crippen LogP contribution >= 0.6 is 0 Å². The van der Waals surface area contributed by atoms with Crippen molar-refractivity contribution in [1.29, 1.82) is 5.26 Å². The first-order chi connectivity index (χ1) is 4.88. The highest BCUT2D eigenvalue weighted by Gasteiger charge is 2.05. The van der Waals surface area contributed by atoms with E-state index in [4.69, 9.17) is 5.26 Å². The van der Waals surface area contributed by atoms with Gasteiger partial charge in [0.1, 0.15) is 6.04 Å². The molecular formula is C6H8N4. The molecule has 1 unspecified atom stereocenters. The maximum absolute atomic E-state index is 8.56. The molecule has 10 heavy (non-hydrogen) atoms. The molecular weight excluding hydrogens is 128 g/mol. The van der Waals surface area contributed by atoms with Gasteiger partial charge in [-0.3, -0.25) is 0 Å². The first kappa shape index (κ1) is 6.75. The number of nitriles is 1. The molecule has 0 aliphatic heterocycles. The van der Waals surface area contributed by atoms with Crippen molar-refractivity contribution in [2.24, 2.45) is 0 Å². The zero-order valence-corrected chi connectivity index (χ0v) is 5.73. The van der Waals surface area contributed by atoms with Gasteiger partial charge in [0.05, 0.1) is 12.3 Å². The lowest BCUT2D eigenvalue weighted by Crippen LogP contribution is -2.05. The molecule has 0 radical (unpaired) electrons. The molecule has 1 aromatic heterocycles.